The largest absolute Gasteiger partial charge is 0.311 e. The summed E-state index contributed by atoms with van der Waals surface area (Å²) < 4.78 is 0. The van der Waals surface area contributed by atoms with Crippen LogP contribution in [0.2, 0.25) is 0 Å². The first-order valence-corrected chi connectivity index (χ1v) is 18.5. The molecule has 0 unspecified atom stereocenters. The van der Waals surface area contributed by atoms with Gasteiger partial charge >= 0.3 is 0 Å². The Kier molecular flexibility index (Phi) is 7.80. The molecule has 5 aromatic carbocycles. The van der Waals surface area contributed by atoms with E-state index in [4.69, 9.17) is 0 Å². The fourth-order valence-corrected chi connectivity index (χ4v) is 7.80. The molecule has 5 aromatic rings. The van der Waals surface area contributed by atoms with Crippen LogP contribution in [0.3, 0.4) is 0 Å². The SMILES string of the molecule is Cc1cc2c3c(c1)N(c1cc(C(C)(C)C)cc(C(C)(C)C)c1)c1ccccc1B3c1ccccc1N2c1cc(C(C)(C)C)cc(C(C)(C)C)c1. The highest BCUT2D eigenvalue weighted by Crippen LogP contribution is 2.47. The first kappa shape index (κ1) is 34.2. The highest BCUT2D eigenvalue weighted by Gasteiger charge is 2.43. The van der Waals surface area contributed by atoms with E-state index in [-0.39, 0.29) is 28.4 Å². The van der Waals surface area contributed by atoms with E-state index in [2.05, 4.69) is 197 Å². The standard InChI is InChI=1S/C47H55BN2/c1-30-22-41-43-42(23-30)50(36-28-33(46(8,9)10)25-34(29-36)47(11,12)13)40-21-17-15-19-38(40)48(43)37-18-14-16-20-39(37)49(41)35-26-31(44(2,3)4)24-32(27-35)45(5,6)7/h14-29H,1-13H3. The summed E-state index contributed by atoms with van der Waals surface area (Å²) in [5.74, 6) is 0. The number of aryl methyl sites for hydroxylation is 1. The molecule has 0 fully saturated rings. The van der Waals surface area contributed by atoms with E-state index in [1.54, 1.807) is 0 Å². The van der Waals surface area contributed by atoms with Crippen molar-refractivity contribution in [3.8, 4) is 0 Å². The number of nitrogens with zero attached hydrogens (tertiary/aromatic N) is 2. The fourth-order valence-electron chi connectivity index (χ4n) is 7.80. The van der Waals surface area contributed by atoms with E-state index < -0.39 is 0 Å². The van der Waals surface area contributed by atoms with Crippen LogP contribution in [0, 0.1) is 6.92 Å². The van der Waals surface area contributed by atoms with Gasteiger partial charge in [-0.1, -0.05) is 132 Å². The lowest BCUT2D eigenvalue weighted by Crippen LogP contribution is -2.61. The molecule has 0 radical (unpaired) electrons. The summed E-state index contributed by atoms with van der Waals surface area (Å²) in [6, 6.07) is 37.7. The number of para-hydroxylation sites is 2. The lowest BCUT2D eigenvalue weighted by molar-refractivity contribution is 0.568. The number of rotatable bonds is 2. The Morgan fingerprint density at radius 3 is 1.04 bits per heavy atom. The van der Waals surface area contributed by atoms with E-state index >= 15 is 0 Å². The predicted octanol–water partition coefficient (Wildman–Crippen LogP) is 11.3. The van der Waals surface area contributed by atoms with E-state index in [1.165, 1.54) is 78.3 Å². The Bertz CT molecular complexity index is 1910. The average Bonchev–Trinajstić information content (AvgIpc) is 3.02. The third kappa shape index (κ3) is 5.77. The highest BCUT2D eigenvalue weighted by molar-refractivity contribution is 7.00. The molecule has 2 aliphatic heterocycles. The molecule has 0 aromatic heterocycles. The van der Waals surface area contributed by atoms with Crippen molar-refractivity contribution < 1.29 is 0 Å². The highest BCUT2D eigenvalue weighted by atomic mass is 15.2. The zero-order valence-electron chi connectivity index (χ0n) is 32.7. The van der Waals surface area contributed by atoms with Crippen LogP contribution in [0.5, 0.6) is 0 Å². The Morgan fingerprint density at radius 1 is 0.400 bits per heavy atom. The lowest BCUT2D eigenvalue weighted by atomic mass is 9.33. The van der Waals surface area contributed by atoms with Gasteiger partial charge in [0.2, 0.25) is 0 Å². The minimum absolute atomic E-state index is 0.0124. The number of hydrogen-bond donors (Lipinski definition) is 0. The molecule has 2 nitrogen and oxygen atoms in total. The molecule has 0 atom stereocenters. The molecule has 256 valence electrons. The van der Waals surface area contributed by atoms with Gasteiger partial charge in [0.05, 0.1) is 0 Å². The molecule has 0 saturated heterocycles. The molecule has 2 heterocycles. The monoisotopic (exact) mass is 658 g/mol. The second-order valence-electron chi connectivity index (χ2n) is 19.0. The van der Waals surface area contributed by atoms with Gasteiger partial charge in [-0.25, -0.2) is 0 Å². The lowest BCUT2D eigenvalue weighted by Gasteiger charge is -2.45. The number of hydrogen-bond acceptors (Lipinski definition) is 2. The van der Waals surface area contributed by atoms with E-state index in [9.17, 15) is 0 Å². The summed E-state index contributed by atoms with van der Waals surface area (Å²) in [7, 11) is 0. The summed E-state index contributed by atoms with van der Waals surface area (Å²) in [6.07, 6.45) is 0. The molecule has 0 bridgehead atoms. The van der Waals surface area contributed by atoms with Crippen molar-refractivity contribution >= 4 is 57.2 Å². The first-order chi connectivity index (χ1) is 23.2. The Morgan fingerprint density at radius 2 is 0.720 bits per heavy atom. The summed E-state index contributed by atoms with van der Waals surface area (Å²) in [5, 5.41) is 0. The second-order valence-corrected chi connectivity index (χ2v) is 19.0. The molecule has 50 heavy (non-hydrogen) atoms. The second kappa shape index (κ2) is 11.4. The van der Waals surface area contributed by atoms with E-state index in [0.717, 1.165) is 0 Å². The summed E-state index contributed by atoms with van der Waals surface area (Å²) in [6.45, 7) is 30.4. The minimum atomic E-state index is 0.0124. The van der Waals surface area contributed by atoms with Crippen molar-refractivity contribution in [2.45, 2.75) is 112 Å². The van der Waals surface area contributed by atoms with Crippen molar-refractivity contribution in [1.29, 1.82) is 0 Å². The fraction of sp³-hybridized carbons (Fsp3) is 0.362. The number of fused-ring (bicyclic) bond motifs is 4. The molecule has 7 rings (SSSR count). The third-order valence-electron chi connectivity index (χ3n) is 10.8. The predicted molar refractivity (Wildman–Crippen MR) is 220 cm³/mol. The zero-order chi connectivity index (χ0) is 36.1. The normalized spacial score (nSPS) is 14.4. The number of benzene rings is 5. The van der Waals surface area contributed by atoms with Gasteiger partial charge in [-0.3, -0.25) is 0 Å². The molecule has 0 N–H and O–H groups in total. The number of anilines is 6. The molecule has 0 aliphatic carbocycles. The molecule has 0 amide bonds. The maximum atomic E-state index is 2.57. The van der Waals surface area contributed by atoms with Crippen LogP contribution >= 0.6 is 0 Å². The minimum Gasteiger partial charge on any atom is -0.311 e. The van der Waals surface area contributed by atoms with Gasteiger partial charge in [0.25, 0.3) is 6.71 Å². The van der Waals surface area contributed by atoms with Gasteiger partial charge in [0, 0.05) is 34.1 Å². The summed E-state index contributed by atoms with van der Waals surface area (Å²) in [4.78, 5) is 5.14. The van der Waals surface area contributed by atoms with Crippen LogP contribution in [-0.4, -0.2) is 6.71 Å². The van der Waals surface area contributed by atoms with Crippen LogP contribution in [0.15, 0.2) is 97.1 Å². The van der Waals surface area contributed by atoms with Crippen molar-refractivity contribution in [3.63, 3.8) is 0 Å². The topological polar surface area (TPSA) is 6.48 Å². The van der Waals surface area contributed by atoms with Gasteiger partial charge in [-0.05, 0) is 121 Å². The van der Waals surface area contributed by atoms with Crippen LogP contribution in [-0.2, 0) is 21.7 Å². The van der Waals surface area contributed by atoms with Gasteiger partial charge < -0.3 is 9.80 Å². The third-order valence-corrected chi connectivity index (χ3v) is 10.8. The Balaban J connectivity index is 1.58. The smallest absolute Gasteiger partial charge is 0.252 e. The van der Waals surface area contributed by atoms with Crippen molar-refractivity contribution in [2.75, 3.05) is 9.80 Å². The maximum absolute atomic E-state index is 2.57. The van der Waals surface area contributed by atoms with E-state index in [0.29, 0.717) is 0 Å². The van der Waals surface area contributed by atoms with E-state index in [1.807, 2.05) is 0 Å². The molecule has 0 saturated carbocycles. The van der Waals surface area contributed by atoms with Crippen LogP contribution < -0.4 is 26.2 Å². The molecule has 3 heteroatoms. The van der Waals surface area contributed by atoms with Gasteiger partial charge in [0.1, 0.15) is 0 Å². The quantitative estimate of drug-likeness (QED) is 0.171. The summed E-state index contributed by atoms with van der Waals surface area (Å²) in [5.41, 5.74) is 18.4. The summed E-state index contributed by atoms with van der Waals surface area (Å²) >= 11 is 0. The maximum Gasteiger partial charge on any atom is 0.252 e. The first-order valence-electron chi connectivity index (χ1n) is 18.5. The Hall–Kier alpha value is -4.24. The zero-order valence-corrected chi connectivity index (χ0v) is 32.7. The van der Waals surface area contributed by atoms with Gasteiger partial charge in [-0.2, -0.15) is 0 Å². The molecular formula is C47H55BN2. The average molecular weight is 659 g/mol. The van der Waals surface area contributed by atoms with Crippen molar-refractivity contribution in [3.05, 3.63) is 125 Å². The van der Waals surface area contributed by atoms with Gasteiger partial charge in [-0.15, -0.1) is 0 Å². The van der Waals surface area contributed by atoms with Crippen molar-refractivity contribution in [1.82, 2.24) is 0 Å². The van der Waals surface area contributed by atoms with Crippen LogP contribution in [0.25, 0.3) is 0 Å². The molecule has 0 spiro atoms. The van der Waals surface area contributed by atoms with Crippen LogP contribution in [0.4, 0.5) is 34.1 Å². The van der Waals surface area contributed by atoms with Crippen molar-refractivity contribution in [2.24, 2.45) is 0 Å². The van der Waals surface area contributed by atoms with Crippen LogP contribution in [0.1, 0.15) is 111 Å². The Labute approximate surface area is 302 Å². The molecule has 2 aliphatic rings. The molecular weight excluding hydrogens is 603 g/mol. The van der Waals surface area contributed by atoms with Gasteiger partial charge in [0.15, 0.2) is 0 Å².